The monoisotopic (exact) mass is 508 g/mol. The highest BCUT2D eigenvalue weighted by atomic mass is 35.5. The van der Waals surface area contributed by atoms with Crippen LogP contribution in [0.2, 0.25) is 5.02 Å². The van der Waals surface area contributed by atoms with Crippen LogP contribution in [0.5, 0.6) is 0 Å². The Morgan fingerprint density at radius 3 is 1.66 bits per heavy atom. The van der Waals surface area contributed by atoms with Gasteiger partial charge in [0.2, 0.25) is 0 Å². The van der Waals surface area contributed by atoms with Gasteiger partial charge in [-0.3, -0.25) is 4.99 Å². The van der Waals surface area contributed by atoms with Gasteiger partial charge in [-0.25, -0.2) is 0 Å². The second-order valence-corrected chi connectivity index (χ2v) is 9.48. The maximum absolute atomic E-state index is 6.26. The number of hydrogen-bond acceptors (Lipinski definition) is 1. The van der Waals surface area contributed by atoms with Gasteiger partial charge >= 0.3 is 0 Å². The summed E-state index contributed by atoms with van der Waals surface area (Å²) in [5, 5.41) is 0.712. The minimum Gasteiger partial charge on any atom is -0.309 e. The Kier molecular flexibility index (Phi) is 6.72. The first-order chi connectivity index (χ1) is 18.8. The van der Waals surface area contributed by atoms with E-state index in [0.29, 0.717) is 5.02 Å². The maximum Gasteiger partial charge on any atom is 0.0630 e. The lowest BCUT2D eigenvalue weighted by molar-refractivity contribution is 1.09. The molecule has 0 saturated carbocycles. The molecule has 6 aromatic rings. The van der Waals surface area contributed by atoms with Crippen molar-refractivity contribution in [2.24, 2.45) is 4.99 Å². The Labute approximate surface area is 228 Å². The van der Waals surface area contributed by atoms with Gasteiger partial charge in [0.25, 0.3) is 0 Å². The van der Waals surface area contributed by atoms with E-state index in [1.807, 2.05) is 36.5 Å². The molecule has 0 amide bonds. The largest absolute Gasteiger partial charge is 0.309 e. The molecule has 0 atom stereocenters. The van der Waals surface area contributed by atoms with Gasteiger partial charge in [0.15, 0.2) is 0 Å². The molecule has 38 heavy (non-hydrogen) atoms. The molecule has 0 aliphatic heterocycles. The van der Waals surface area contributed by atoms with E-state index in [1.165, 1.54) is 11.1 Å². The number of nitrogens with zero attached hydrogens (tertiary/aromatic N) is 2. The minimum absolute atomic E-state index is 0.712. The molecule has 0 aliphatic carbocycles. The fourth-order valence-corrected chi connectivity index (χ4v) is 4.84. The molecule has 182 valence electrons. The van der Waals surface area contributed by atoms with Gasteiger partial charge in [0.1, 0.15) is 0 Å². The molecule has 0 aliphatic rings. The average Bonchev–Trinajstić information content (AvgIpc) is 3.38. The highest BCUT2D eigenvalue weighted by molar-refractivity contribution is 6.30. The van der Waals surface area contributed by atoms with Gasteiger partial charge in [0, 0.05) is 22.5 Å². The van der Waals surface area contributed by atoms with Crippen LogP contribution in [0, 0.1) is 0 Å². The van der Waals surface area contributed by atoms with Crippen LogP contribution in [0.25, 0.3) is 39.3 Å². The van der Waals surface area contributed by atoms with Crippen molar-refractivity contribution in [2.45, 2.75) is 0 Å². The number of halogens is 1. The summed E-state index contributed by atoms with van der Waals surface area (Å²) in [6.07, 6.45) is 1.97. The summed E-state index contributed by atoms with van der Waals surface area (Å²) in [7, 11) is 0. The molecule has 6 rings (SSSR count). The second kappa shape index (κ2) is 10.8. The lowest BCUT2D eigenvalue weighted by atomic mass is 10.1. The van der Waals surface area contributed by atoms with Crippen LogP contribution in [0.4, 0.5) is 5.69 Å². The third-order valence-corrected chi connectivity index (χ3v) is 6.81. The summed E-state index contributed by atoms with van der Waals surface area (Å²) in [6, 6.07) is 49.9. The molecule has 0 bridgehead atoms. The molecular formula is C35H25ClN2. The average molecular weight is 509 g/mol. The van der Waals surface area contributed by atoms with E-state index in [2.05, 4.69) is 120 Å². The number of aromatic nitrogens is 1. The van der Waals surface area contributed by atoms with Gasteiger partial charge in [-0.15, -0.1) is 0 Å². The topological polar surface area (TPSA) is 17.3 Å². The number of benzene rings is 5. The molecule has 5 aromatic carbocycles. The Morgan fingerprint density at radius 1 is 0.526 bits per heavy atom. The van der Waals surface area contributed by atoms with Gasteiger partial charge in [-0.05, 0) is 64.7 Å². The molecular weight excluding hydrogens is 484 g/mol. The number of rotatable bonds is 6. The first-order valence-corrected chi connectivity index (χ1v) is 13.0. The van der Waals surface area contributed by atoms with Crippen molar-refractivity contribution in [1.82, 2.24) is 4.57 Å². The maximum atomic E-state index is 6.26. The fraction of sp³-hybridized carbons (Fsp3) is 0. The van der Waals surface area contributed by atoms with Gasteiger partial charge < -0.3 is 4.57 Å². The zero-order valence-corrected chi connectivity index (χ0v) is 21.5. The van der Waals surface area contributed by atoms with E-state index in [4.69, 9.17) is 16.6 Å². The van der Waals surface area contributed by atoms with Crippen molar-refractivity contribution in [3.05, 3.63) is 156 Å². The summed E-state index contributed by atoms with van der Waals surface area (Å²) < 4.78 is 2.29. The third kappa shape index (κ3) is 4.95. The van der Waals surface area contributed by atoms with E-state index >= 15 is 0 Å². The molecule has 0 fully saturated rings. The van der Waals surface area contributed by atoms with Crippen molar-refractivity contribution in [3.8, 4) is 39.3 Å². The van der Waals surface area contributed by atoms with Crippen LogP contribution < -0.4 is 0 Å². The van der Waals surface area contributed by atoms with Crippen LogP contribution in [0.1, 0.15) is 5.56 Å². The minimum atomic E-state index is 0.712. The Balaban J connectivity index is 1.49. The van der Waals surface area contributed by atoms with E-state index in [1.54, 1.807) is 0 Å². The highest BCUT2D eigenvalue weighted by Gasteiger charge is 2.18. The van der Waals surface area contributed by atoms with Crippen LogP contribution in [-0.2, 0) is 0 Å². The molecule has 2 nitrogen and oxygen atoms in total. The number of hydrogen-bond donors (Lipinski definition) is 0. The number of aliphatic imine (C=N–C) groups is 1. The summed E-state index contributed by atoms with van der Waals surface area (Å²) in [4.78, 5) is 4.89. The summed E-state index contributed by atoms with van der Waals surface area (Å²) in [5.41, 5.74) is 9.78. The molecule has 3 heteroatoms. The highest BCUT2D eigenvalue weighted by Crippen LogP contribution is 2.36. The molecule has 0 radical (unpaired) electrons. The molecule has 0 spiro atoms. The third-order valence-electron chi connectivity index (χ3n) is 6.56. The standard InChI is InChI=1S/C35H25ClN2/c36-31-18-22-33(23-19-31)38-34(28-12-6-2-7-13-28)24-30(35(38)29-14-8-3-9-15-29)25-37-32-20-16-27(17-21-32)26-10-4-1-5-11-26/h1-25H. The van der Waals surface area contributed by atoms with Crippen LogP contribution in [0.3, 0.4) is 0 Å². The van der Waals surface area contributed by atoms with Crippen molar-refractivity contribution in [1.29, 1.82) is 0 Å². The van der Waals surface area contributed by atoms with E-state index in [-0.39, 0.29) is 0 Å². The van der Waals surface area contributed by atoms with E-state index in [0.717, 1.165) is 39.5 Å². The van der Waals surface area contributed by atoms with E-state index < -0.39 is 0 Å². The fourth-order valence-electron chi connectivity index (χ4n) is 4.71. The summed E-state index contributed by atoms with van der Waals surface area (Å²) in [6.45, 7) is 0. The zero-order chi connectivity index (χ0) is 25.7. The second-order valence-electron chi connectivity index (χ2n) is 9.05. The van der Waals surface area contributed by atoms with Gasteiger partial charge in [-0.1, -0.05) is 115 Å². The smallest absolute Gasteiger partial charge is 0.0630 e. The lowest BCUT2D eigenvalue weighted by Crippen LogP contribution is -2.00. The predicted octanol–water partition coefficient (Wildman–Crippen LogP) is 9.88. The SMILES string of the molecule is Clc1ccc(-n2c(-c3ccccc3)cc(C=Nc3ccc(-c4ccccc4)cc3)c2-c2ccccc2)cc1. The molecule has 0 saturated heterocycles. The zero-order valence-electron chi connectivity index (χ0n) is 20.7. The Hall–Kier alpha value is -4.66. The summed E-state index contributed by atoms with van der Waals surface area (Å²) >= 11 is 6.26. The summed E-state index contributed by atoms with van der Waals surface area (Å²) in [5.74, 6) is 0. The van der Waals surface area contributed by atoms with Crippen molar-refractivity contribution < 1.29 is 0 Å². The molecule has 0 unspecified atom stereocenters. The Bertz CT molecular complexity index is 1670. The van der Waals surface area contributed by atoms with Crippen LogP contribution in [-0.4, -0.2) is 10.8 Å². The van der Waals surface area contributed by atoms with Crippen molar-refractivity contribution >= 4 is 23.5 Å². The van der Waals surface area contributed by atoms with Crippen LogP contribution >= 0.6 is 11.6 Å². The van der Waals surface area contributed by atoms with Gasteiger partial charge in [0.05, 0.1) is 17.1 Å². The first kappa shape index (κ1) is 23.7. The molecule has 1 aromatic heterocycles. The molecule has 1 heterocycles. The predicted molar refractivity (Wildman–Crippen MR) is 161 cm³/mol. The molecule has 0 N–H and O–H groups in total. The first-order valence-electron chi connectivity index (χ1n) is 12.6. The van der Waals surface area contributed by atoms with E-state index in [9.17, 15) is 0 Å². The van der Waals surface area contributed by atoms with Crippen molar-refractivity contribution in [2.75, 3.05) is 0 Å². The lowest BCUT2D eigenvalue weighted by Gasteiger charge is -2.15. The van der Waals surface area contributed by atoms with Gasteiger partial charge in [-0.2, -0.15) is 0 Å². The quantitative estimate of drug-likeness (QED) is 0.199. The normalized spacial score (nSPS) is 11.2. The van der Waals surface area contributed by atoms with Crippen molar-refractivity contribution in [3.63, 3.8) is 0 Å². The van der Waals surface area contributed by atoms with Crippen LogP contribution in [0.15, 0.2) is 151 Å². The Morgan fingerprint density at radius 2 is 1.05 bits per heavy atom.